The molecule has 2 rings (SSSR count). The molecule has 136 valence electrons. The Morgan fingerprint density at radius 2 is 1.85 bits per heavy atom. The normalized spacial score (nSPS) is 11.3. The Morgan fingerprint density at radius 1 is 1.19 bits per heavy atom. The fraction of sp³-hybridized carbons (Fsp3) is 0.176. The maximum absolute atomic E-state index is 12.1. The molecule has 1 atom stereocenters. The molecule has 1 amide bonds. The highest BCUT2D eigenvalue weighted by Crippen LogP contribution is 2.26. The smallest absolute Gasteiger partial charge is 0.338 e. The van der Waals surface area contributed by atoms with Gasteiger partial charge in [0.05, 0.1) is 28.3 Å². The van der Waals surface area contributed by atoms with E-state index in [4.69, 9.17) is 21.1 Å². The van der Waals surface area contributed by atoms with Crippen molar-refractivity contribution < 1.29 is 24.0 Å². The second-order valence-electron chi connectivity index (χ2n) is 5.19. The number of methoxy groups -OCH3 is 1. The van der Waals surface area contributed by atoms with E-state index in [0.717, 1.165) is 6.07 Å². The van der Waals surface area contributed by atoms with Gasteiger partial charge in [0.25, 0.3) is 11.6 Å². The van der Waals surface area contributed by atoms with Crippen molar-refractivity contribution in [1.82, 2.24) is 0 Å². The second-order valence-corrected chi connectivity index (χ2v) is 5.59. The number of anilines is 1. The molecular formula is C17H15ClN2O6. The summed E-state index contributed by atoms with van der Waals surface area (Å²) in [6.45, 7) is 1.40. The molecule has 0 saturated carbocycles. The highest BCUT2D eigenvalue weighted by atomic mass is 35.5. The molecule has 8 nitrogen and oxygen atoms in total. The minimum Gasteiger partial charge on any atom is -0.497 e. The van der Waals surface area contributed by atoms with Crippen LogP contribution in [-0.2, 0) is 9.53 Å². The zero-order chi connectivity index (χ0) is 19.3. The lowest BCUT2D eigenvalue weighted by Gasteiger charge is -2.14. The van der Waals surface area contributed by atoms with Gasteiger partial charge in [-0.15, -0.1) is 0 Å². The van der Waals surface area contributed by atoms with E-state index in [0.29, 0.717) is 5.75 Å². The summed E-state index contributed by atoms with van der Waals surface area (Å²) in [7, 11) is 1.50. The van der Waals surface area contributed by atoms with Gasteiger partial charge in [0.15, 0.2) is 6.10 Å². The third-order valence-corrected chi connectivity index (χ3v) is 3.71. The van der Waals surface area contributed by atoms with Crippen LogP contribution in [0.2, 0.25) is 5.02 Å². The maximum Gasteiger partial charge on any atom is 0.338 e. The largest absolute Gasteiger partial charge is 0.497 e. The standard InChI is InChI=1S/C17H15ClN2O6/c1-10(26-17(22)11-3-6-13(25-2)7-4-11)16(21)19-15-8-5-12(20(23)24)9-14(15)18/h3-10H,1-2H3,(H,19,21). The number of benzene rings is 2. The number of hydrogen-bond acceptors (Lipinski definition) is 6. The summed E-state index contributed by atoms with van der Waals surface area (Å²) >= 11 is 5.91. The van der Waals surface area contributed by atoms with Gasteiger partial charge in [0.1, 0.15) is 5.75 Å². The van der Waals surface area contributed by atoms with Crippen LogP contribution in [-0.4, -0.2) is 30.0 Å². The Labute approximate surface area is 153 Å². The van der Waals surface area contributed by atoms with Crippen LogP contribution in [0.4, 0.5) is 11.4 Å². The van der Waals surface area contributed by atoms with E-state index in [9.17, 15) is 19.7 Å². The van der Waals surface area contributed by atoms with Crippen LogP contribution in [0.3, 0.4) is 0 Å². The number of ether oxygens (including phenoxy) is 2. The highest BCUT2D eigenvalue weighted by molar-refractivity contribution is 6.34. The molecule has 26 heavy (non-hydrogen) atoms. The Morgan fingerprint density at radius 3 is 2.38 bits per heavy atom. The van der Waals surface area contributed by atoms with Crippen molar-refractivity contribution in [3.63, 3.8) is 0 Å². The van der Waals surface area contributed by atoms with Gasteiger partial charge in [-0.2, -0.15) is 0 Å². The van der Waals surface area contributed by atoms with E-state index in [1.54, 1.807) is 12.1 Å². The van der Waals surface area contributed by atoms with E-state index in [1.165, 1.54) is 38.3 Å². The molecule has 0 radical (unpaired) electrons. The van der Waals surface area contributed by atoms with Crippen molar-refractivity contribution in [2.45, 2.75) is 13.0 Å². The summed E-state index contributed by atoms with van der Waals surface area (Å²) in [4.78, 5) is 34.3. The Kier molecular flexibility index (Phi) is 6.13. The molecule has 0 aliphatic carbocycles. The molecule has 0 spiro atoms. The first-order valence-electron chi connectivity index (χ1n) is 7.41. The monoisotopic (exact) mass is 378 g/mol. The summed E-state index contributed by atoms with van der Waals surface area (Å²) in [6.07, 6.45) is -1.10. The van der Waals surface area contributed by atoms with Gasteiger partial charge in [-0.05, 0) is 37.3 Å². The Hall–Kier alpha value is -3.13. The van der Waals surface area contributed by atoms with Gasteiger partial charge in [0.2, 0.25) is 0 Å². The van der Waals surface area contributed by atoms with Gasteiger partial charge < -0.3 is 14.8 Å². The predicted molar refractivity (Wildman–Crippen MR) is 94.6 cm³/mol. The molecule has 1 N–H and O–H groups in total. The van der Waals surface area contributed by atoms with Crippen LogP contribution in [0.25, 0.3) is 0 Å². The van der Waals surface area contributed by atoms with Gasteiger partial charge in [-0.3, -0.25) is 14.9 Å². The van der Waals surface area contributed by atoms with Crippen LogP contribution in [0, 0.1) is 10.1 Å². The van der Waals surface area contributed by atoms with E-state index in [-0.39, 0.29) is 22.0 Å². The van der Waals surface area contributed by atoms with E-state index in [1.807, 2.05) is 0 Å². The van der Waals surface area contributed by atoms with E-state index in [2.05, 4.69) is 5.32 Å². The number of rotatable bonds is 6. The molecule has 0 heterocycles. The number of carbonyl (C=O) groups is 2. The molecule has 0 aliphatic heterocycles. The number of nitrogens with one attached hydrogen (secondary N) is 1. The first-order valence-corrected chi connectivity index (χ1v) is 7.79. The lowest BCUT2D eigenvalue weighted by atomic mass is 10.2. The molecule has 1 unspecified atom stereocenters. The van der Waals surface area contributed by atoms with Gasteiger partial charge >= 0.3 is 5.97 Å². The van der Waals surface area contributed by atoms with Crippen LogP contribution in [0.1, 0.15) is 17.3 Å². The lowest BCUT2D eigenvalue weighted by Crippen LogP contribution is -2.30. The summed E-state index contributed by atoms with van der Waals surface area (Å²) in [5.74, 6) is -0.715. The Balaban J connectivity index is 2.00. The zero-order valence-corrected chi connectivity index (χ0v) is 14.6. The number of amides is 1. The SMILES string of the molecule is COc1ccc(C(=O)OC(C)C(=O)Nc2ccc([N+](=O)[O-])cc2Cl)cc1. The van der Waals surface area contributed by atoms with Crippen LogP contribution >= 0.6 is 11.6 Å². The van der Waals surface area contributed by atoms with Crippen molar-refractivity contribution in [1.29, 1.82) is 0 Å². The first-order chi connectivity index (χ1) is 12.3. The quantitative estimate of drug-likeness (QED) is 0.468. The number of carbonyl (C=O) groups excluding carboxylic acids is 2. The van der Waals surface area contributed by atoms with Gasteiger partial charge in [-0.25, -0.2) is 4.79 Å². The van der Waals surface area contributed by atoms with Gasteiger partial charge in [-0.1, -0.05) is 11.6 Å². The Bertz CT molecular complexity index is 838. The van der Waals surface area contributed by atoms with Crippen molar-refractivity contribution in [3.05, 3.63) is 63.2 Å². The minimum absolute atomic E-state index is 0.00114. The maximum atomic E-state index is 12.1. The number of nitro groups is 1. The number of nitro benzene ring substituents is 1. The van der Waals surface area contributed by atoms with Gasteiger partial charge in [0, 0.05) is 12.1 Å². The van der Waals surface area contributed by atoms with Crippen molar-refractivity contribution >= 4 is 34.9 Å². The molecule has 0 aliphatic rings. The molecule has 0 bridgehead atoms. The molecular weight excluding hydrogens is 364 g/mol. The minimum atomic E-state index is -1.10. The van der Waals surface area contributed by atoms with Crippen molar-refractivity contribution in [2.75, 3.05) is 12.4 Å². The molecule has 9 heteroatoms. The number of nitrogens with zero attached hydrogens (tertiary/aromatic N) is 1. The van der Waals surface area contributed by atoms with Crippen LogP contribution in [0.5, 0.6) is 5.75 Å². The van der Waals surface area contributed by atoms with Crippen molar-refractivity contribution in [3.8, 4) is 5.75 Å². The molecule has 2 aromatic rings. The third-order valence-electron chi connectivity index (χ3n) is 3.40. The highest BCUT2D eigenvalue weighted by Gasteiger charge is 2.20. The molecule has 0 aromatic heterocycles. The summed E-state index contributed by atoms with van der Waals surface area (Å²) in [5.41, 5.74) is 0.236. The number of non-ortho nitro benzene ring substituents is 1. The molecule has 0 saturated heterocycles. The fourth-order valence-corrected chi connectivity index (χ4v) is 2.18. The average Bonchev–Trinajstić information content (AvgIpc) is 2.63. The molecule has 2 aromatic carbocycles. The summed E-state index contributed by atoms with van der Waals surface area (Å²) in [5, 5.41) is 13.1. The fourth-order valence-electron chi connectivity index (χ4n) is 1.96. The number of halogens is 1. The van der Waals surface area contributed by atoms with Crippen LogP contribution < -0.4 is 10.1 Å². The third kappa shape index (κ3) is 4.70. The summed E-state index contributed by atoms with van der Waals surface area (Å²) < 4.78 is 10.1. The van der Waals surface area contributed by atoms with Crippen LogP contribution in [0.15, 0.2) is 42.5 Å². The average molecular weight is 379 g/mol. The summed E-state index contributed by atoms with van der Waals surface area (Å²) in [6, 6.07) is 9.84. The van der Waals surface area contributed by atoms with E-state index < -0.39 is 22.9 Å². The van der Waals surface area contributed by atoms with E-state index >= 15 is 0 Å². The number of esters is 1. The number of hydrogen-bond donors (Lipinski definition) is 1. The predicted octanol–water partition coefficient (Wildman–Crippen LogP) is 3.44. The molecule has 0 fully saturated rings. The first kappa shape index (κ1) is 19.2. The topological polar surface area (TPSA) is 108 Å². The lowest BCUT2D eigenvalue weighted by molar-refractivity contribution is -0.384. The van der Waals surface area contributed by atoms with Crippen molar-refractivity contribution in [2.24, 2.45) is 0 Å². The zero-order valence-electron chi connectivity index (χ0n) is 13.9. The second kappa shape index (κ2) is 8.30.